The number of rotatable bonds is 7. The Morgan fingerprint density at radius 2 is 1.94 bits per heavy atom. The number of hydrogen-bond acceptors (Lipinski definition) is 5. The lowest BCUT2D eigenvalue weighted by molar-refractivity contribution is -0.384. The Labute approximate surface area is 187 Å². The number of carbonyl (C=O) groups is 2. The molecule has 0 saturated carbocycles. The van der Waals surface area contributed by atoms with Gasteiger partial charge in [0.05, 0.1) is 11.5 Å². The van der Waals surface area contributed by atoms with E-state index in [0.29, 0.717) is 12.0 Å². The van der Waals surface area contributed by atoms with Crippen LogP contribution in [0.25, 0.3) is 11.4 Å². The summed E-state index contributed by atoms with van der Waals surface area (Å²) in [4.78, 5) is 42.1. The van der Waals surface area contributed by atoms with E-state index in [1.165, 1.54) is 67.0 Å². The zero-order valence-corrected chi connectivity index (χ0v) is 18.2. The van der Waals surface area contributed by atoms with E-state index >= 15 is 0 Å². The minimum Gasteiger partial charge on any atom is -0.343 e. The molecule has 0 aliphatic heterocycles. The van der Waals surface area contributed by atoms with Gasteiger partial charge in [0.1, 0.15) is 11.6 Å². The van der Waals surface area contributed by atoms with Crippen LogP contribution in [0, 0.1) is 15.9 Å². The van der Waals surface area contributed by atoms with Gasteiger partial charge in [0.2, 0.25) is 6.41 Å². The van der Waals surface area contributed by atoms with Crippen molar-refractivity contribution < 1.29 is 18.9 Å². The maximum Gasteiger partial charge on any atom is 0.273 e. The van der Waals surface area contributed by atoms with E-state index in [9.17, 15) is 24.1 Å². The van der Waals surface area contributed by atoms with Crippen LogP contribution < -0.4 is 4.90 Å². The zero-order chi connectivity index (χ0) is 23.6. The van der Waals surface area contributed by atoms with Gasteiger partial charge in [-0.15, -0.1) is 0 Å². The molecule has 3 rings (SSSR count). The molecule has 2 aromatic carbocycles. The number of benzene rings is 2. The number of imidazole rings is 1. The quantitative estimate of drug-likeness (QED) is 0.305. The SMILES string of the molecule is CN(C)C(=O)c1c(N(C)C=O)nc(-c2cccc([N+](=O)[O-])c2)n1Cc1c(F)cccc1Cl. The lowest BCUT2D eigenvalue weighted by Crippen LogP contribution is -2.28. The lowest BCUT2D eigenvalue weighted by atomic mass is 10.1. The highest BCUT2D eigenvalue weighted by Crippen LogP contribution is 2.32. The third-order valence-electron chi connectivity index (χ3n) is 4.74. The summed E-state index contributed by atoms with van der Waals surface area (Å²) in [5, 5.41) is 11.4. The molecule has 0 N–H and O–H groups in total. The fourth-order valence-electron chi connectivity index (χ4n) is 3.13. The minimum atomic E-state index is -0.593. The molecule has 32 heavy (non-hydrogen) atoms. The van der Waals surface area contributed by atoms with Crippen molar-refractivity contribution in [2.45, 2.75) is 6.54 Å². The van der Waals surface area contributed by atoms with Crippen molar-refractivity contribution in [3.05, 3.63) is 74.7 Å². The summed E-state index contributed by atoms with van der Waals surface area (Å²) in [6, 6.07) is 9.84. The van der Waals surface area contributed by atoms with Crippen LogP contribution in [0.15, 0.2) is 42.5 Å². The van der Waals surface area contributed by atoms with E-state index in [0.717, 1.165) is 4.90 Å². The third-order valence-corrected chi connectivity index (χ3v) is 5.10. The molecule has 166 valence electrons. The lowest BCUT2D eigenvalue weighted by Gasteiger charge is -2.18. The summed E-state index contributed by atoms with van der Waals surface area (Å²) in [6.07, 6.45) is 0.479. The molecule has 0 saturated heterocycles. The summed E-state index contributed by atoms with van der Waals surface area (Å²) in [7, 11) is 4.46. The Hall–Kier alpha value is -3.79. The molecule has 0 bridgehead atoms. The van der Waals surface area contributed by atoms with Crippen LogP contribution in [0.5, 0.6) is 0 Å². The highest BCUT2D eigenvalue weighted by molar-refractivity contribution is 6.31. The average Bonchev–Trinajstić information content (AvgIpc) is 3.14. The third kappa shape index (κ3) is 4.30. The van der Waals surface area contributed by atoms with Gasteiger partial charge in [-0.25, -0.2) is 9.37 Å². The predicted octanol–water partition coefficient (Wildman–Crippen LogP) is 3.59. The molecule has 3 aromatic rings. The Morgan fingerprint density at radius 3 is 2.53 bits per heavy atom. The molecule has 0 radical (unpaired) electrons. The van der Waals surface area contributed by atoms with Gasteiger partial charge in [-0.2, -0.15) is 0 Å². The molecular weight excluding hydrogens is 441 g/mol. The Balaban J connectivity index is 2.35. The molecule has 1 heterocycles. The second-order valence-corrected chi connectivity index (χ2v) is 7.52. The van der Waals surface area contributed by atoms with Crippen LogP contribution in [0.4, 0.5) is 15.9 Å². The minimum absolute atomic E-state index is 0.00502. The largest absolute Gasteiger partial charge is 0.343 e. The number of non-ortho nitro benzene ring substituents is 1. The monoisotopic (exact) mass is 459 g/mol. The highest BCUT2D eigenvalue weighted by Gasteiger charge is 2.28. The Kier molecular flexibility index (Phi) is 6.54. The molecular formula is C21H19ClFN5O4. The molecule has 11 heteroatoms. The van der Waals surface area contributed by atoms with E-state index in [2.05, 4.69) is 4.98 Å². The molecule has 0 atom stereocenters. The number of nitro benzene ring substituents is 1. The maximum atomic E-state index is 14.6. The van der Waals surface area contributed by atoms with Gasteiger partial charge in [0, 0.05) is 49.4 Å². The highest BCUT2D eigenvalue weighted by atomic mass is 35.5. The van der Waals surface area contributed by atoms with Gasteiger partial charge < -0.3 is 14.4 Å². The van der Waals surface area contributed by atoms with E-state index in [1.807, 2.05) is 0 Å². The van der Waals surface area contributed by atoms with Crippen molar-refractivity contribution >= 4 is 35.4 Å². The van der Waals surface area contributed by atoms with Crippen molar-refractivity contribution in [3.63, 3.8) is 0 Å². The van der Waals surface area contributed by atoms with Crippen molar-refractivity contribution in [2.24, 2.45) is 0 Å². The fraction of sp³-hybridized carbons (Fsp3) is 0.190. The first kappa shape index (κ1) is 22.9. The molecule has 9 nitrogen and oxygen atoms in total. The standard InChI is InChI=1S/C21H19ClFN5O4/c1-25(2)21(30)18-20(26(3)12-29)24-19(13-6-4-7-14(10-13)28(31)32)27(18)11-15-16(22)8-5-9-17(15)23/h4-10,12H,11H2,1-3H3. The van der Waals surface area contributed by atoms with Crippen molar-refractivity contribution in [1.82, 2.24) is 14.5 Å². The number of hydrogen-bond donors (Lipinski definition) is 0. The molecule has 0 spiro atoms. The molecule has 0 unspecified atom stereocenters. The topological polar surface area (TPSA) is 102 Å². The number of carbonyl (C=O) groups excluding carboxylic acids is 2. The number of nitrogens with zero attached hydrogens (tertiary/aromatic N) is 5. The van der Waals surface area contributed by atoms with Gasteiger partial charge >= 0.3 is 0 Å². The van der Waals surface area contributed by atoms with E-state index in [1.54, 1.807) is 6.07 Å². The molecule has 0 fully saturated rings. The second kappa shape index (κ2) is 9.15. The van der Waals surface area contributed by atoms with Gasteiger partial charge in [0.15, 0.2) is 11.5 Å². The summed E-state index contributed by atoms with van der Waals surface area (Å²) in [5.41, 5.74) is 0.230. The van der Waals surface area contributed by atoms with Crippen LogP contribution in [-0.2, 0) is 11.3 Å². The number of nitro groups is 1. The second-order valence-electron chi connectivity index (χ2n) is 7.12. The number of halogens is 2. The molecule has 0 aliphatic carbocycles. The normalized spacial score (nSPS) is 10.7. The smallest absolute Gasteiger partial charge is 0.273 e. The summed E-state index contributed by atoms with van der Waals surface area (Å²) in [6.45, 7) is -0.196. The van der Waals surface area contributed by atoms with Crippen molar-refractivity contribution in [2.75, 3.05) is 26.0 Å². The van der Waals surface area contributed by atoms with Gasteiger partial charge in [-0.1, -0.05) is 29.8 Å². The van der Waals surface area contributed by atoms with Crippen molar-refractivity contribution in [3.8, 4) is 11.4 Å². The Morgan fingerprint density at radius 1 is 1.25 bits per heavy atom. The van der Waals surface area contributed by atoms with Crippen molar-refractivity contribution in [1.29, 1.82) is 0 Å². The Bertz CT molecular complexity index is 1190. The first-order chi connectivity index (χ1) is 15.1. The van der Waals surface area contributed by atoms with E-state index < -0.39 is 16.6 Å². The zero-order valence-electron chi connectivity index (χ0n) is 17.5. The van der Waals surface area contributed by atoms with Gasteiger partial charge in [-0.3, -0.25) is 19.7 Å². The summed E-state index contributed by atoms with van der Waals surface area (Å²) >= 11 is 6.21. The van der Waals surface area contributed by atoms with E-state index in [4.69, 9.17) is 11.6 Å². The fourth-order valence-corrected chi connectivity index (χ4v) is 3.36. The molecule has 1 aromatic heterocycles. The van der Waals surface area contributed by atoms with E-state index in [-0.39, 0.29) is 40.2 Å². The average molecular weight is 460 g/mol. The summed E-state index contributed by atoms with van der Waals surface area (Å²) in [5.74, 6) is -0.926. The van der Waals surface area contributed by atoms with Gasteiger partial charge in [0.25, 0.3) is 11.6 Å². The van der Waals surface area contributed by atoms with Crippen LogP contribution in [0.3, 0.4) is 0 Å². The molecule has 2 amide bonds. The maximum absolute atomic E-state index is 14.6. The van der Waals surface area contributed by atoms with Gasteiger partial charge in [-0.05, 0) is 12.1 Å². The summed E-state index contributed by atoms with van der Waals surface area (Å²) < 4.78 is 16.0. The van der Waals surface area contributed by atoms with Crippen LogP contribution in [0.1, 0.15) is 16.1 Å². The predicted molar refractivity (Wildman–Crippen MR) is 117 cm³/mol. The van der Waals surface area contributed by atoms with Crippen LogP contribution in [0.2, 0.25) is 5.02 Å². The molecule has 0 aliphatic rings. The number of aromatic nitrogens is 2. The number of anilines is 1. The first-order valence-corrected chi connectivity index (χ1v) is 9.71. The van der Waals surface area contributed by atoms with Crippen LogP contribution in [-0.4, -0.2) is 52.8 Å². The first-order valence-electron chi connectivity index (χ1n) is 9.33. The van der Waals surface area contributed by atoms with Crippen LogP contribution >= 0.6 is 11.6 Å². The number of amides is 2.